The molecule has 0 radical (unpaired) electrons. The average Bonchev–Trinajstić information content (AvgIpc) is 3.48. The van der Waals surface area contributed by atoms with Crippen LogP contribution in [0, 0.1) is 11.6 Å². The van der Waals surface area contributed by atoms with Gasteiger partial charge in [-0.3, -0.25) is 0 Å². The monoisotopic (exact) mass is 527 g/mol. The Labute approximate surface area is 211 Å². The Hall–Kier alpha value is -4.75. The second kappa shape index (κ2) is 9.61. The lowest BCUT2D eigenvalue weighted by atomic mass is 10.1. The molecule has 0 atom stereocenters. The van der Waals surface area contributed by atoms with Gasteiger partial charge in [-0.15, -0.1) is 0 Å². The standard InChI is InChI=1S/C24H18F5N9/c1-36(2)13-34-21-20-17(15-7-30-23(31-8-15)24(27,28)29)11-37(22(20)33-12-32-21)9-14-6-35-38(10-14)19-4-3-16(25)5-18(19)26/h3-8,10-13H,9H2,1-2H3/b34-13+. The van der Waals surface area contributed by atoms with Crippen molar-refractivity contribution in [3.63, 3.8) is 0 Å². The molecule has 1 aromatic carbocycles. The zero-order chi connectivity index (χ0) is 27.0. The molecule has 0 aliphatic rings. The summed E-state index contributed by atoms with van der Waals surface area (Å²) >= 11 is 0. The van der Waals surface area contributed by atoms with Gasteiger partial charge in [-0.05, 0) is 12.1 Å². The molecular formula is C24H18F5N9. The molecular weight excluding hydrogens is 509 g/mol. The molecule has 4 aromatic heterocycles. The molecule has 0 spiro atoms. The fraction of sp³-hybridized carbons (Fsp3) is 0.167. The number of nitrogens with zero attached hydrogens (tertiary/aromatic N) is 9. The highest BCUT2D eigenvalue weighted by molar-refractivity contribution is 6.00. The van der Waals surface area contributed by atoms with Crippen LogP contribution in [0.3, 0.4) is 0 Å². The first kappa shape index (κ1) is 24.9. The van der Waals surface area contributed by atoms with Gasteiger partial charge in [-0.2, -0.15) is 18.3 Å². The van der Waals surface area contributed by atoms with E-state index in [1.165, 1.54) is 29.6 Å². The number of hydrogen-bond acceptors (Lipinski definition) is 6. The Bertz CT molecular complexity index is 1640. The van der Waals surface area contributed by atoms with Gasteiger partial charge in [-0.1, -0.05) is 0 Å². The van der Waals surface area contributed by atoms with Crippen LogP contribution in [0.4, 0.5) is 27.8 Å². The van der Waals surface area contributed by atoms with E-state index >= 15 is 0 Å². The number of benzene rings is 1. The van der Waals surface area contributed by atoms with Gasteiger partial charge in [0.25, 0.3) is 0 Å². The normalized spacial score (nSPS) is 12.1. The third kappa shape index (κ3) is 4.92. The lowest BCUT2D eigenvalue weighted by molar-refractivity contribution is -0.144. The summed E-state index contributed by atoms with van der Waals surface area (Å²) in [5.74, 6) is -2.44. The summed E-state index contributed by atoms with van der Waals surface area (Å²) in [7, 11) is 3.55. The zero-order valence-electron chi connectivity index (χ0n) is 19.9. The van der Waals surface area contributed by atoms with Gasteiger partial charge in [0.1, 0.15) is 23.5 Å². The number of alkyl halides is 3. The number of rotatable bonds is 6. The van der Waals surface area contributed by atoms with Crippen molar-refractivity contribution in [1.82, 2.24) is 39.2 Å². The third-order valence-electron chi connectivity index (χ3n) is 5.41. The SMILES string of the molecule is CN(C)/C=N/c1ncnc2c1c(-c1cnc(C(F)(F)F)nc1)cn2Cc1cnn(-c2ccc(F)cc2F)c1. The first-order chi connectivity index (χ1) is 18.1. The zero-order valence-corrected chi connectivity index (χ0v) is 19.9. The van der Waals surface area contributed by atoms with Crippen LogP contribution in [0.5, 0.6) is 0 Å². The van der Waals surface area contributed by atoms with E-state index in [1.807, 2.05) is 0 Å². The van der Waals surface area contributed by atoms with Crippen LogP contribution in [0.15, 0.2) is 60.5 Å². The lowest BCUT2D eigenvalue weighted by Crippen LogP contribution is -2.10. The Morgan fingerprint density at radius 3 is 2.45 bits per heavy atom. The van der Waals surface area contributed by atoms with Gasteiger partial charge < -0.3 is 9.47 Å². The van der Waals surface area contributed by atoms with Crippen LogP contribution in [-0.2, 0) is 12.7 Å². The number of fused-ring (bicyclic) bond motifs is 1. The summed E-state index contributed by atoms with van der Waals surface area (Å²) in [6.45, 7) is 0.217. The first-order valence-electron chi connectivity index (χ1n) is 11.0. The van der Waals surface area contributed by atoms with E-state index in [0.717, 1.165) is 24.5 Å². The molecule has 38 heavy (non-hydrogen) atoms. The van der Waals surface area contributed by atoms with Crippen molar-refractivity contribution >= 4 is 23.2 Å². The molecule has 14 heteroatoms. The number of hydrogen-bond donors (Lipinski definition) is 0. The molecule has 0 amide bonds. The van der Waals surface area contributed by atoms with E-state index in [0.29, 0.717) is 33.5 Å². The minimum Gasteiger partial charge on any atom is -0.369 e. The third-order valence-corrected chi connectivity index (χ3v) is 5.41. The number of aromatic nitrogens is 7. The van der Waals surface area contributed by atoms with E-state index in [2.05, 4.69) is 30.0 Å². The molecule has 5 aromatic rings. The van der Waals surface area contributed by atoms with Gasteiger partial charge in [0.15, 0.2) is 11.6 Å². The summed E-state index contributed by atoms with van der Waals surface area (Å²) in [6, 6.07) is 3.17. The maximum absolute atomic E-state index is 14.2. The quantitative estimate of drug-likeness (QED) is 0.182. The van der Waals surface area contributed by atoms with Gasteiger partial charge in [0.05, 0.1) is 24.5 Å². The van der Waals surface area contributed by atoms with E-state index in [1.54, 1.807) is 36.0 Å². The molecule has 5 rings (SSSR count). The molecule has 0 saturated carbocycles. The second-order valence-corrected chi connectivity index (χ2v) is 8.46. The molecule has 0 unspecified atom stereocenters. The van der Waals surface area contributed by atoms with Crippen molar-refractivity contribution in [3.8, 4) is 16.8 Å². The average molecular weight is 527 g/mol. The van der Waals surface area contributed by atoms with Gasteiger partial charge >= 0.3 is 6.18 Å². The summed E-state index contributed by atoms with van der Waals surface area (Å²) in [4.78, 5) is 21.7. The van der Waals surface area contributed by atoms with E-state index in [4.69, 9.17) is 0 Å². The molecule has 0 N–H and O–H groups in total. The molecule has 0 aliphatic carbocycles. The second-order valence-electron chi connectivity index (χ2n) is 8.46. The Balaban J connectivity index is 1.59. The fourth-order valence-corrected chi connectivity index (χ4v) is 3.77. The first-order valence-corrected chi connectivity index (χ1v) is 11.0. The lowest BCUT2D eigenvalue weighted by Gasteiger charge is -2.06. The summed E-state index contributed by atoms with van der Waals surface area (Å²) < 4.78 is 69.6. The Kier molecular flexibility index (Phi) is 6.30. The maximum atomic E-state index is 14.2. The van der Waals surface area contributed by atoms with Crippen LogP contribution in [0.1, 0.15) is 11.4 Å². The smallest absolute Gasteiger partial charge is 0.369 e. The predicted octanol–water partition coefficient (Wildman–Crippen LogP) is 4.64. The highest BCUT2D eigenvalue weighted by atomic mass is 19.4. The minimum atomic E-state index is -4.68. The van der Waals surface area contributed by atoms with Crippen LogP contribution in [0.25, 0.3) is 27.8 Å². The van der Waals surface area contributed by atoms with Crippen LogP contribution < -0.4 is 0 Å². The molecule has 0 bridgehead atoms. The number of aliphatic imine (C=N–C) groups is 1. The predicted molar refractivity (Wildman–Crippen MR) is 128 cm³/mol. The van der Waals surface area contributed by atoms with Crippen molar-refractivity contribution < 1.29 is 22.0 Å². The van der Waals surface area contributed by atoms with Crippen LogP contribution in [0.2, 0.25) is 0 Å². The van der Waals surface area contributed by atoms with Crippen molar-refractivity contribution in [1.29, 1.82) is 0 Å². The molecule has 0 fully saturated rings. The van der Waals surface area contributed by atoms with Crippen molar-refractivity contribution in [3.05, 3.63) is 78.5 Å². The van der Waals surface area contributed by atoms with Gasteiger partial charge in [0, 0.05) is 61.6 Å². The van der Waals surface area contributed by atoms with Crippen LogP contribution in [-0.4, -0.2) is 59.6 Å². The van der Waals surface area contributed by atoms with Crippen molar-refractivity contribution in [2.75, 3.05) is 14.1 Å². The molecule has 0 saturated heterocycles. The van der Waals surface area contributed by atoms with E-state index in [9.17, 15) is 22.0 Å². The highest BCUT2D eigenvalue weighted by Crippen LogP contribution is 2.35. The molecule has 9 nitrogen and oxygen atoms in total. The van der Waals surface area contributed by atoms with Crippen molar-refractivity contribution in [2.45, 2.75) is 12.7 Å². The fourth-order valence-electron chi connectivity index (χ4n) is 3.77. The van der Waals surface area contributed by atoms with Gasteiger partial charge in [0.2, 0.25) is 5.82 Å². The minimum absolute atomic E-state index is 0.0697. The topological polar surface area (TPSA) is 89.9 Å². The summed E-state index contributed by atoms with van der Waals surface area (Å²) in [5, 5.41) is 4.65. The highest BCUT2D eigenvalue weighted by Gasteiger charge is 2.34. The molecule has 4 heterocycles. The molecule has 194 valence electrons. The Morgan fingerprint density at radius 2 is 1.76 bits per heavy atom. The van der Waals surface area contributed by atoms with Crippen LogP contribution >= 0.6 is 0 Å². The number of halogens is 5. The van der Waals surface area contributed by atoms with Gasteiger partial charge in [-0.25, -0.2) is 38.4 Å². The largest absolute Gasteiger partial charge is 0.451 e. The van der Waals surface area contributed by atoms with E-state index in [-0.39, 0.29) is 12.2 Å². The Morgan fingerprint density at radius 1 is 1.00 bits per heavy atom. The molecule has 0 aliphatic heterocycles. The maximum Gasteiger partial charge on any atom is 0.451 e. The van der Waals surface area contributed by atoms with E-state index < -0.39 is 23.6 Å². The van der Waals surface area contributed by atoms with Crippen molar-refractivity contribution in [2.24, 2.45) is 4.99 Å². The summed E-state index contributed by atoms with van der Waals surface area (Å²) in [5.41, 5.74) is 1.94. The summed E-state index contributed by atoms with van der Waals surface area (Å²) in [6.07, 6.45) is 5.11.